The first-order valence-electron chi connectivity index (χ1n) is 4.10. The number of carboxylic acids is 1. The number of hydrogen-bond acceptors (Lipinski definition) is 2. The van der Waals surface area contributed by atoms with Gasteiger partial charge in [0.05, 0.1) is 5.92 Å². The van der Waals surface area contributed by atoms with Gasteiger partial charge in [-0.3, -0.25) is 9.69 Å². The maximum Gasteiger partial charge on any atom is 0.307 e. The molecule has 1 rings (SSSR count). The van der Waals surface area contributed by atoms with Gasteiger partial charge in [-0.25, -0.2) is 0 Å². The van der Waals surface area contributed by atoms with E-state index in [0.717, 1.165) is 13.1 Å². The molecule has 2 unspecified atom stereocenters. The Morgan fingerprint density at radius 1 is 1.45 bits per heavy atom. The third-order valence-electron chi connectivity index (χ3n) is 2.58. The quantitative estimate of drug-likeness (QED) is 0.658. The molecule has 1 aliphatic heterocycles. The molecule has 64 valence electrons. The molecule has 0 radical (unpaired) electrons. The second-order valence-corrected chi connectivity index (χ2v) is 3.26. The Morgan fingerprint density at radius 2 is 2.00 bits per heavy atom. The number of nitrogens with zero attached hydrogens (tertiary/aromatic N) is 1. The summed E-state index contributed by atoms with van der Waals surface area (Å²) < 4.78 is 0. The van der Waals surface area contributed by atoms with E-state index in [0.29, 0.717) is 0 Å². The van der Waals surface area contributed by atoms with Crippen molar-refractivity contribution in [2.24, 2.45) is 5.92 Å². The van der Waals surface area contributed by atoms with Crippen LogP contribution in [0.15, 0.2) is 0 Å². The number of carboxylic acid groups (broad SMARTS) is 1. The van der Waals surface area contributed by atoms with Crippen molar-refractivity contribution in [2.45, 2.75) is 26.3 Å². The first kappa shape index (κ1) is 8.53. The Bertz CT molecular complexity index is 154. The number of aliphatic carboxylic acids is 1. The highest BCUT2D eigenvalue weighted by atomic mass is 16.4. The van der Waals surface area contributed by atoms with E-state index in [1.165, 1.54) is 6.42 Å². The molecule has 2 atom stereocenters. The summed E-state index contributed by atoms with van der Waals surface area (Å²) in [6, 6.07) is 0.196. The van der Waals surface area contributed by atoms with Gasteiger partial charge >= 0.3 is 5.97 Å². The van der Waals surface area contributed by atoms with Gasteiger partial charge in [-0.05, 0) is 26.4 Å². The van der Waals surface area contributed by atoms with Crippen molar-refractivity contribution in [1.82, 2.24) is 4.90 Å². The highest BCUT2D eigenvalue weighted by Crippen LogP contribution is 2.17. The van der Waals surface area contributed by atoms with Gasteiger partial charge in [0.1, 0.15) is 0 Å². The Kier molecular flexibility index (Phi) is 2.49. The van der Waals surface area contributed by atoms with Crippen LogP contribution in [0.5, 0.6) is 0 Å². The largest absolute Gasteiger partial charge is 0.481 e. The molecule has 0 bridgehead atoms. The average molecular weight is 157 g/mol. The molecule has 0 aliphatic carbocycles. The molecule has 1 fully saturated rings. The molecule has 3 heteroatoms. The van der Waals surface area contributed by atoms with Crippen LogP contribution in [0, 0.1) is 5.92 Å². The van der Waals surface area contributed by atoms with Gasteiger partial charge < -0.3 is 5.11 Å². The fourth-order valence-corrected chi connectivity index (χ4v) is 1.27. The van der Waals surface area contributed by atoms with E-state index in [1.807, 2.05) is 6.92 Å². The molecule has 11 heavy (non-hydrogen) atoms. The number of carbonyl (C=O) groups is 1. The van der Waals surface area contributed by atoms with E-state index in [9.17, 15) is 4.79 Å². The van der Waals surface area contributed by atoms with Crippen LogP contribution in [0.25, 0.3) is 0 Å². The zero-order valence-corrected chi connectivity index (χ0v) is 7.08. The first-order chi connectivity index (χ1) is 5.13. The van der Waals surface area contributed by atoms with Gasteiger partial charge in [-0.15, -0.1) is 0 Å². The Morgan fingerprint density at radius 3 is 2.27 bits per heavy atom. The normalized spacial score (nSPS) is 23.8. The fraction of sp³-hybridized carbons (Fsp3) is 0.875. The summed E-state index contributed by atoms with van der Waals surface area (Å²) in [5.74, 6) is -0.931. The minimum absolute atomic E-state index is 0.196. The van der Waals surface area contributed by atoms with Crippen LogP contribution in [-0.4, -0.2) is 35.1 Å². The molecule has 3 nitrogen and oxygen atoms in total. The van der Waals surface area contributed by atoms with Crippen LogP contribution in [-0.2, 0) is 4.79 Å². The average Bonchev–Trinajstić information content (AvgIpc) is 1.82. The lowest BCUT2D eigenvalue weighted by molar-refractivity contribution is -0.143. The molecule has 1 N–H and O–H groups in total. The molecule has 0 amide bonds. The van der Waals surface area contributed by atoms with Crippen LogP contribution in [0.2, 0.25) is 0 Å². The molecular weight excluding hydrogens is 142 g/mol. The van der Waals surface area contributed by atoms with Gasteiger partial charge in [0.2, 0.25) is 0 Å². The van der Waals surface area contributed by atoms with Gasteiger partial charge in [0.25, 0.3) is 0 Å². The smallest absolute Gasteiger partial charge is 0.307 e. The van der Waals surface area contributed by atoms with Crippen LogP contribution in [0.1, 0.15) is 20.3 Å². The summed E-state index contributed by atoms with van der Waals surface area (Å²) >= 11 is 0. The van der Waals surface area contributed by atoms with Gasteiger partial charge in [0, 0.05) is 6.04 Å². The Hall–Kier alpha value is -0.570. The Balaban J connectivity index is 2.38. The fourth-order valence-electron chi connectivity index (χ4n) is 1.27. The zero-order chi connectivity index (χ0) is 8.43. The molecule has 0 aromatic carbocycles. The lowest BCUT2D eigenvalue weighted by atomic mass is 9.99. The van der Waals surface area contributed by atoms with E-state index < -0.39 is 5.97 Å². The molecule has 0 spiro atoms. The van der Waals surface area contributed by atoms with Crippen molar-refractivity contribution in [1.29, 1.82) is 0 Å². The number of hydrogen-bond donors (Lipinski definition) is 1. The maximum atomic E-state index is 10.6. The molecule has 1 heterocycles. The SMILES string of the molecule is CC(C(=O)O)C(C)N1CCC1. The third kappa shape index (κ3) is 1.71. The third-order valence-corrected chi connectivity index (χ3v) is 2.58. The first-order valence-corrected chi connectivity index (χ1v) is 4.10. The lowest BCUT2D eigenvalue weighted by Gasteiger charge is -2.38. The van der Waals surface area contributed by atoms with Crippen molar-refractivity contribution in [3.63, 3.8) is 0 Å². The van der Waals surface area contributed by atoms with Crippen molar-refractivity contribution in [2.75, 3.05) is 13.1 Å². The van der Waals surface area contributed by atoms with Gasteiger partial charge in [0.15, 0.2) is 0 Å². The summed E-state index contributed by atoms with van der Waals surface area (Å²) in [7, 11) is 0. The monoisotopic (exact) mass is 157 g/mol. The standard InChI is InChI=1S/C8H15NO2/c1-6(8(10)11)7(2)9-4-3-5-9/h6-7H,3-5H2,1-2H3,(H,10,11). The highest BCUT2D eigenvalue weighted by molar-refractivity contribution is 5.70. The second kappa shape index (κ2) is 3.22. The molecule has 1 aliphatic rings. The molecule has 0 aromatic heterocycles. The number of rotatable bonds is 3. The van der Waals surface area contributed by atoms with Crippen LogP contribution >= 0.6 is 0 Å². The molecule has 1 saturated heterocycles. The van der Waals surface area contributed by atoms with E-state index >= 15 is 0 Å². The van der Waals surface area contributed by atoms with Gasteiger partial charge in [-0.2, -0.15) is 0 Å². The Labute approximate surface area is 67.0 Å². The van der Waals surface area contributed by atoms with Crippen molar-refractivity contribution in [3.05, 3.63) is 0 Å². The van der Waals surface area contributed by atoms with E-state index in [4.69, 9.17) is 5.11 Å². The summed E-state index contributed by atoms with van der Waals surface area (Å²) in [6.45, 7) is 5.89. The van der Waals surface area contributed by atoms with Crippen molar-refractivity contribution in [3.8, 4) is 0 Å². The molecule has 0 saturated carbocycles. The highest BCUT2D eigenvalue weighted by Gasteiger charge is 2.28. The second-order valence-electron chi connectivity index (χ2n) is 3.26. The zero-order valence-electron chi connectivity index (χ0n) is 7.08. The summed E-state index contributed by atoms with van der Waals surface area (Å²) in [5, 5.41) is 8.69. The lowest BCUT2D eigenvalue weighted by Crippen LogP contribution is -2.48. The predicted octanol–water partition coefficient (Wildman–Crippen LogP) is 0.801. The van der Waals surface area contributed by atoms with Crippen LogP contribution in [0.4, 0.5) is 0 Å². The predicted molar refractivity (Wildman–Crippen MR) is 42.5 cm³/mol. The number of likely N-dealkylation sites (tertiary alicyclic amines) is 1. The molecule has 0 aromatic rings. The van der Waals surface area contributed by atoms with Crippen LogP contribution in [0.3, 0.4) is 0 Å². The van der Waals surface area contributed by atoms with Crippen molar-refractivity contribution >= 4 is 5.97 Å². The van der Waals surface area contributed by atoms with Crippen molar-refractivity contribution < 1.29 is 9.90 Å². The minimum Gasteiger partial charge on any atom is -0.481 e. The summed E-state index contributed by atoms with van der Waals surface area (Å²) in [4.78, 5) is 12.8. The van der Waals surface area contributed by atoms with Crippen LogP contribution < -0.4 is 0 Å². The van der Waals surface area contributed by atoms with E-state index in [2.05, 4.69) is 4.90 Å². The minimum atomic E-state index is -0.690. The molecular formula is C8H15NO2. The van der Waals surface area contributed by atoms with E-state index in [1.54, 1.807) is 6.92 Å². The summed E-state index contributed by atoms with van der Waals surface area (Å²) in [6.07, 6.45) is 1.22. The summed E-state index contributed by atoms with van der Waals surface area (Å²) in [5.41, 5.74) is 0. The van der Waals surface area contributed by atoms with E-state index in [-0.39, 0.29) is 12.0 Å². The van der Waals surface area contributed by atoms with Gasteiger partial charge in [-0.1, -0.05) is 6.92 Å². The maximum absolute atomic E-state index is 10.6. The topological polar surface area (TPSA) is 40.5 Å².